The third-order valence-corrected chi connectivity index (χ3v) is 18.0. The molecule has 2 nitrogen and oxygen atoms in total. The fourth-order valence-electron chi connectivity index (χ4n) is 14.6. The SMILES string of the molecule is CC1(C)c2ccccc2-c2ccc(N(c3ccc4c(c3)C(C)(C)c3cc(-n5c6ccccc6c6ccccc65)ccc3-4)c3cccc4c3-c3ccccc3C43c4ccccc4-c4ccc(-c5ccccc5)cc43)cc21. The van der Waals surface area contributed by atoms with Crippen LogP contribution in [0.2, 0.25) is 0 Å². The maximum Gasteiger partial charge on any atom is 0.0726 e. The van der Waals surface area contributed by atoms with E-state index in [0.29, 0.717) is 0 Å². The van der Waals surface area contributed by atoms with Crippen LogP contribution in [0.25, 0.3) is 83.1 Å². The summed E-state index contributed by atoms with van der Waals surface area (Å²) in [5.41, 5.74) is 29.8. The summed E-state index contributed by atoms with van der Waals surface area (Å²) in [5, 5.41) is 2.55. The first kappa shape index (κ1) is 42.5. The Labute approximate surface area is 438 Å². The molecule has 0 fully saturated rings. The number of aromatic nitrogens is 1. The average Bonchev–Trinajstić information content (AvgIpc) is 4.39. The Morgan fingerprint density at radius 1 is 0.307 bits per heavy atom. The van der Waals surface area contributed by atoms with Gasteiger partial charge in [-0.15, -0.1) is 0 Å². The van der Waals surface area contributed by atoms with E-state index in [2.05, 4.69) is 280 Å². The van der Waals surface area contributed by atoms with E-state index in [1.807, 2.05) is 0 Å². The molecule has 1 atom stereocenters. The second kappa shape index (κ2) is 15.1. The van der Waals surface area contributed by atoms with E-state index in [1.165, 1.54) is 133 Å². The van der Waals surface area contributed by atoms with Crippen LogP contribution in [0, 0.1) is 0 Å². The number of para-hydroxylation sites is 2. The zero-order valence-corrected chi connectivity index (χ0v) is 42.5. The predicted molar refractivity (Wildman–Crippen MR) is 312 cm³/mol. The highest BCUT2D eigenvalue weighted by Gasteiger charge is 2.53. The molecule has 4 aliphatic carbocycles. The molecule has 11 aromatic carbocycles. The predicted octanol–water partition coefficient (Wildman–Crippen LogP) is 18.9. The van der Waals surface area contributed by atoms with Gasteiger partial charge in [0.2, 0.25) is 0 Å². The van der Waals surface area contributed by atoms with Crippen molar-refractivity contribution in [3.05, 3.63) is 287 Å². The van der Waals surface area contributed by atoms with Gasteiger partial charge in [0.05, 0.1) is 22.1 Å². The van der Waals surface area contributed by atoms with Gasteiger partial charge in [-0.2, -0.15) is 0 Å². The van der Waals surface area contributed by atoms with Gasteiger partial charge in [0, 0.05) is 44.2 Å². The standard InChI is InChI=1S/C73H52N2/c1-71(2)59-26-13-8-21-50(59)52-38-34-47(42-63(52)71)74(48-35-39-53-54-40-36-49(44-65(54)72(3,4)64(53)43-48)75-67-30-16-11-23-56(67)57-24-12-17-31-68(57)75)69-32-18-29-62-70(69)58-25-10-15-28-61(58)73(62)60-27-14-9-22-51(60)55-37-33-46(41-66(55)73)45-19-6-5-7-20-45/h5-44H,1-4H3. The lowest BCUT2D eigenvalue weighted by molar-refractivity contribution is 0.659. The van der Waals surface area contributed by atoms with Crippen molar-refractivity contribution in [2.75, 3.05) is 4.90 Å². The maximum absolute atomic E-state index is 2.60. The summed E-state index contributed by atoms with van der Waals surface area (Å²) in [7, 11) is 0. The number of fused-ring (bicyclic) bond motifs is 19. The van der Waals surface area contributed by atoms with Gasteiger partial charge in [-0.25, -0.2) is 0 Å². The molecule has 75 heavy (non-hydrogen) atoms. The van der Waals surface area contributed by atoms with E-state index >= 15 is 0 Å². The number of hydrogen-bond acceptors (Lipinski definition) is 1. The van der Waals surface area contributed by atoms with Crippen LogP contribution in [0.4, 0.5) is 17.1 Å². The van der Waals surface area contributed by atoms with Gasteiger partial charge in [-0.3, -0.25) is 0 Å². The summed E-state index contributed by atoms with van der Waals surface area (Å²) in [6.07, 6.45) is 0. The van der Waals surface area contributed by atoms with Crippen LogP contribution in [0.5, 0.6) is 0 Å². The van der Waals surface area contributed by atoms with Crippen LogP contribution in [-0.2, 0) is 16.2 Å². The minimum absolute atomic E-state index is 0.174. The van der Waals surface area contributed by atoms with E-state index in [9.17, 15) is 0 Å². The minimum atomic E-state index is -0.526. The van der Waals surface area contributed by atoms with Crippen molar-refractivity contribution in [3.63, 3.8) is 0 Å². The molecule has 0 amide bonds. The van der Waals surface area contributed by atoms with E-state index in [-0.39, 0.29) is 10.8 Å². The number of benzene rings is 11. The molecule has 16 rings (SSSR count). The summed E-state index contributed by atoms with van der Waals surface area (Å²) >= 11 is 0. The highest BCUT2D eigenvalue weighted by molar-refractivity contribution is 6.09. The number of hydrogen-bond donors (Lipinski definition) is 0. The molecule has 0 aliphatic heterocycles. The van der Waals surface area contributed by atoms with Gasteiger partial charge in [-0.05, 0) is 155 Å². The van der Waals surface area contributed by atoms with E-state index in [4.69, 9.17) is 0 Å². The smallest absolute Gasteiger partial charge is 0.0726 e. The summed E-state index contributed by atoms with van der Waals surface area (Å²) in [4.78, 5) is 2.60. The maximum atomic E-state index is 2.60. The van der Waals surface area contributed by atoms with E-state index < -0.39 is 5.41 Å². The van der Waals surface area contributed by atoms with Crippen molar-refractivity contribution in [2.45, 2.75) is 43.9 Å². The van der Waals surface area contributed by atoms with Crippen LogP contribution < -0.4 is 4.90 Å². The number of anilines is 3. The lowest BCUT2D eigenvalue weighted by Crippen LogP contribution is -2.26. The monoisotopic (exact) mass is 956 g/mol. The van der Waals surface area contributed by atoms with Gasteiger partial charge in [0.15, 0.2) is 0 Å². The topological polar surface area (TPSA) is 8.17 Å². The van der Waals surface area contributed by atoms with Gasteiger partial charge < -0.3 is 9.47 Å². The van der Waals surface area contributed by atoms with Crippen molar-refractivity contribution < 1.29 is 0 Å². The first-order valence-electron chi connectivity index (χ1n) is 26.6. The third-order valence-electron chi connectivity index (χ3n) is 18.0. The van der Waals surface area contributed by atoms with Crippen molar-refractivity contribution >= 4 is 38.9 Å². The summed E-state index contributed by atoms with van der Waals surface area (Å²) in [6.45, 7) is 9.64. The normalized spacial score (nSPS) is 16.3. The van der Waals surface area contributed by atoms with Crippen molar-refractivity contribution in [3.8, 4) is 61.3 Å². The molecule has 4 aliphatic rings. The Morgan fingerprint density at radius 3 is 1.44 bits per heavy atom. The largest absolute Gasteiger partial charge is 0.310 e. The van der Waals surface area contributed by atoms with Crippen LogP contribution in [-0.4, -0.2) is 4.57 Å². The Morgan fingerprint density at radius 2 is 0.773 bits per heavy atom. The lowest BCUT2D eigenvalue weighted by atomic mass is 9.70. The molecule has 0 saturated heterocycles. The number of rotatable bonds is 5. The molecule has 1 unspecified atom stereocenters. The first-order chi connectivity index (χ1) is 36.7. The molecule has 1 spiro atoms. The molecule has 0 saturated carbocycles. The molecular weight excluding hydrogens is 905 g/mol. The molecule has 1 heterocycles. The Balaban J connectivity index is 0.922. The zero-order valence-electron chi connectivity index (χ0n) is 42.5. The third kappa shape index (κ3) is 5.53. The van der Waals surface area contributed by atoms with E-state index in [1.54, 1.807) is 0 Å². The molecule has 0 bridgehead atoms. The molecule has 12 aromatic rings. The lowest BCUT2D eigenvalue weighted by Gasteiger charge is -2.33. The quantitative estimate of drug-likeness (QED) is 0.167. The molecule has 354 valence electrons. The Bertz CT molecular complexity index is 4380. The van der Waals surface area contributed by atoms with Gasteiger partial charge in [0.25, 0.3) is 0 Å². The van der Waals surface area contributed by atoms with Crippen LogP contribution in [0.15, 0.2) is 243 Å². The molecule has 0 radical (unpaired) electrons. The zero-order chi connectivity index (χ0) is 50.0. The molecule has 2 heteroatoms. The molecule has 0 N–H and O–H groups in total. The second-order valence-corrected chi connectivity index (χ2v) is 22.4. The Kier molecular flexibility index (Phi) is 8.54. The summed E-state index contributed by atoms with van der Waals surface area (Å²) < 4.78 is 2.45. The Hall–Kier alpha value is -8.98. The van der Waals surface area contributed by atoms with Gasteiger partial charge in [-0.1, -0.05) is 210 Å². The van der Waals surface area contributed by atoms with E-state index in [0.717, 1.165) is 11.4 Å². The summed E-state index contributed by atoms with van der Waals surface area (Å²) in [6, 6.07) is 92.1. The fraction of sp³-hybridized carbons (Fsp3) is 0.0959. The fourth-order valence-corrected chi connectivity index (χ4v) is 14.6. The first-order valence-corrected chi connectivity index (χ1v) is 26.6. The van der Waals surface area contributed by atoms with Crippen molar-refractivity contribution in [2.24, 2.45) is 0 Å². The number of nitrogens with zero attached hydrogens (tertiary/aromatic N) is 2. The van der Waals surface area contributed by atoms with Crippen molar-refractivity contribution in [1.29, 1.82) is 0 Å². The van der Waals surface area contributed by atoms with Crippen LogP contribution in [0.3, 0.4) is 0 Å². The van der Waals surface area contributed by atoms with Gasteiger partial charge in [0.1, 0.15) is 0 Å². The highest BCUT2D eigenvalue weighted by atomic mass is 15.1. The second-order valence-electron chi connectivity index (χ2n) is 22.4. The summed E-state index contributed by atoms with van der Waals surface area (Å²) in [5.74, 6) is 0. The van der Waals surface area contributed by atoms with Gasteiger partial charge >= 0.3 is 0 Å². The highest BCUT2D eigenvalue weighted by Crippen LogP contribution is 2.65. The minimum Gasteiger partial charge on any atom is -0.310 e. The van der Waals surface area contributed by atoms with Crippen LogP contribution >= 0.6 is 0 Å². The molecular formula is C73H52N2. The van der Waals surface area contributed by atoms with Crippen molar-refractivity contribution in [1.82, 2.24) is 4.57 Å². The van der Waals surface area contributed by atoms with Crippen LogP contribution in [0.1, 0.15) is 72.2 Å². The molecule has 1 aromatic heterocycles. The average molecular weight is 957 g/mol.